The summed E-state index contributed by atoms with van der Waals surface area (Å²) in [5, 5.41) is 0. The summed E-state index contributed by atoms with van der Waals surface area (Å²) in [6.07, 6.45) is 5.88. The molecule has 0 amide bonds. The lowest BCUT2D eigenvalue weighted by Crippen LogP contribution is -2.12. The van der Waals surface area contributed by atoms with Crippen LogP contribution in [-0.4, -0.2) is 25.7 Å². The number of allylic oxidation sites excluding steroid dienone is 2. The Morgan fingerprint density at radius 2 is 2.00 bits per heavy atom. The molecule has 2 aliphatic rings. The van der Waals surface area contributed by atoms with Gasteiger partial charge >= 0.3 is 0 Å². The first kappa shape index (κ1) is 9.65. The first-order chi connectivity index (χ1) is 6.58. The molecule has 0 spiro atoms. The molecule has 76 valence electrons. The predicted octanol–water partition coefficient (Wildman–Crippen LogP) is 1.02. The van der Waals surface area contributed by atoms with E-state index in [4.69, 9.17) is 0 Å². The average molecular weight is 212 g/mol. The molecule has 2 rings (SSSR count). The number of rotatable bonds is 1. The van der Waals surface area contributed by atoms with Crippen LogP contribution in [0.25, 0.3) is 0 Å². The van der Waals surface area contributed by atoms with Gasteiger partial charge in [-0.2, -0.15) is 0 Å². The molecule has 0 aromatic carbocycles. The Bertz CT molecular complexity index is 426. The van der Waals surface area contributed by atoms with Crippen molar-refractivity contribution < 1.29 is 13.2 Å². The van der Waals surface area contributed by atoms with Crippen LogP contribution >= 0.6 is 0 Å². The Kier molecular flexibility index (Phi) is 2.31. The lowest BCUT2D eigenvalue weighted by atomic mass is 9.93. The molecule has 0 aromatic heterocycles. The highest BCUT2D eigenvalue weighted by atomic mass is 32.2. The van der Waals surface area contributed by atoms with E-state index >= 15 is 0 Å². The van der Waals surface area contributed by atoms with Crippen LogP contribution in [0.1, 0.15) is 19.3 Å². The van der Waals surface area contributed by atoms with Crippen LogP contribution in [0, 0.1) is 0 Å². The minimum Gasteiger partial charge on any atom is -0.294 e. The number of sulfone groups is 1. The Hall–Kier alpha value is -0.900. The van der Waals surface area contributed by atoms with Crippen molar-refractivity contribution >= 4 is 15.6 Å². The van der Waals surface area contributed by atoms with E-state index in [2.05, 4.69) is 0 Å². The van der Waals surface area contributed by atoms with Crippen molar-refractivity contribution in [1.29, 1.82) is 0 Å². The van der Waals surface area contributed by atoms with Crippen LogP contribution in [0.3, 0.4) is 0 Å². The zero-order valence-electron chi connectivity index (χ0n) is 7.82. The van der Waals surface area contributed by atoms with Crippen molar-refractivity contribution in [2.24, 2.45) is 0 Å². The summed E-state index contributed by atoms with van der Waals surface area (Å²) in [7, 11) is -2.95. The SMILES string of the molecule is O=C1CCCC=C1C1=CCS(=O)(=O)C1. The van der Waals surface area contributed by atoms with Crippen molar-refractivity contribution in [3.05, 3.63) is 23.3 Å². The number of carbonyl (C=O) groups is 1. The molecule has 0 fully saturated rings. The highest BCUT2D eigenvalue weighted by Gasteiger charge is 2.26. The highest BCUT2D eigenvalue weighted by Crippen LogP contribution is 2.25. The molecule has 0 N–H and O–H groups in total. The van der Waals surface area contributed by atoms with Crippen LogP contribution < -0.4 is 0 Å². The number of Topliss-reactive ketones (excluding diaryl/α,β-unsaturated/α-hetero) is 1. The Morgan fingerprint density at radius 1 is 1.21 bits per heavy atom. The van der Waals surface area contributed by atoms with E-state index in [1.54, 1.807) is 6.08 Å². The maximum absolute atomic E-state index is 11.5. The summed E-state index contributed by atoms with van der Waals surface area (Å²) in [4.78, 5) is 11.5. The molecule has 0 atom stereocenters. The standard InChI is InChI=1S/C10H12O3S/c11-10-4-2-1-3-9(10)8-5-6-14(12,13)7-8/h3,5H,1-2,4,6-7H2. The van der Waals surface area contributed by atoms with E-state index in [9.17, 15) is 13.2 Å². The van der Waals surface area contributed by atoms with Gasteiger partial charge in [0.15, 0.2) is 15.6 Å². The smallest absolute Gasteiger partial charge is 0.162 e. The molecule has 1 aliphatic carbocycles. The fourth-order valence-corrected chi connectivity index (χ4v) is 3.16. The lowest BCUT2D eigenvalue weighted by Gasteiger charge is -2.11. The van der Waals surface area contributed by atoms with Gasteiger partial charge in [-0.3, -0.25) is 4.79 Å². The number of hydrogen-bond acceptors (Lipinski definition) is 3. The summed E-state index contributed by atoms with van der Waals surface area (Å²) >= 11 is 0. The highest BCUT2D eigenvalue weighted by molar-refractivity contribution is 7.92. The topological polar surface area (TPSA) is 51.2 Å². The second kappa shape index (κ2) is 3.35. The van der Waals surface area contributed by atoms with E-state index in [-0.39, 0.29) is 17.3 Å². The summed E-state index contributed by atoms with van der Waals surface area (Å²) in [6.45, 7) is 0. The summed E-state index contributed by atoms with van der Waals surface area (Å²) in [5.41, 5.74) is 1.37. The van der Waals surface area contributed by atoms with Gasteiger partial charge in [-0.25, -0.2) is 8.42 Å². The van der Waals surface area contributed by atoms with Gasteiger partial charge < -0.3 is 0 Å². The number of ketones is 1. The zero-order valence-corrected chi connectivity index (χ0v) is 8.64. The molecule has 1 heterocycles. The van der Waals surface area contributed by atoms with Crippen LogP contribution in [-0.2, 0) is 14.6 Å². The van der Waals surface area contributed by atoms with Gasteiger partial charge in [0.05, 0.1) is 11.5 Å². The predicted molar refractivity (Wildman–Crippen MR) is 53.7 cm³/mol. The summed E-state index contributed by atoms with van der Waals surface area (Å²) in [5.74, 6) is 0.233. The zero-order chi connectivity index (χ0) is 10.2. The van der Waals surface area contributed by atoms with E-state index < -0.39 is 9.84 Å². The second-order valence-corrected chi connectivity index (χ2v) is 5.83. The monoisotopic (exact) mass is 212 g/mol. The van der Waals surface area contributed by atoms with E-state index in [0.717, 1.165) is 18.4 Å². The summed E-state index contributed by atoms with van der Waals surface area (Å²) in [6, 6.07) is 0. The summed E-state index contributed by atoms with van der Waals surface area (Å²) < 4.78 is 22.4. The van der Waals surface area contributed by atoms with Crippen LogP contribution in [0.4, 0.5) is 0 Å². The molecule has 0 saturated heterocycles. The third-order valence-corrected chi connectivity index (χ3v) is 3.99. The van der Waals surface area contributed by atoms with Gasteiger partial charge in [-0.05, 0) is 18.4 Å². The van der Waals surface area contributed by atoms with Crippen LogP contribution in [0.15, 0.2) is 23.3 Å². The molecule has 0 saturated carbocycles. The molecule has 0 unspecified atom stereocenters. The minimum absolute atomic E-state index is 0.0462. The van der Waals surface area contributed by atoms with Crippen LogP contribution in [0.5, 0.6) is 0 Å². The van der Waals surface area contributed by atoms with Crippen molar-refractivity contribution in [2.75, 3.05) is 11.5 Å². The molecule has 0 bridgehead atoms. The molecule has 4 heteroatoms. The van der Waals surface area contributed by atoms with Crippen LogP contribution in [0.2, 0.25) is 0 Å². The van der Waals surface area contributed by atoms with Gasteiger partial charge in [0.1, 0.15) is 0 Å². The fourth-order valence-electron chi connectivity index (χ4n) is 1.84. The second-order valence-electron chi connectivity index (χ2n) is 3.72. The lowest BCUT2D eigenvalue weighted by molar-refractivity contribution is -0.115. The minimum atomic E-state index is -2.95. The third kappa shape index (κ3) is 1.80. The van der Waals surface area contributed by atoms with Crippen molar-refractivity contribution in [1.82, 2.24) is 0 Å². The van der Waals surface area contributed by atoms with Crippen molar-refractivity contribution in [3.63, 3.8) is 0 Å². The quantitative estimate of drug-likeness (QED) is 0.652. The molecule has 14 heavy (non-hydrogen) atoms. The third-order valence-electron chi connectivity index (χ3n) is 2.56. The van der Waals surface area contributed by atoms with Gasteiger partial charge in [0, 0.05) is 12.0 Å². The first-order valence-corrected chi connectivity index (χ1v) is 6.54. The molecular formula is C10H12O3S. The van der Waals surface area contributed by atoms with E-state index in [1.807, 2.05) is 6.08 Å². The maximum atomic E-state index is 11.5. The first-order valence-electron chi connectivity index (χ1n) is 4.72. The normalized spacial score (nSPS) is 25.9. The molecule has 1 aliphatic heterocycles. The molecule has 3 nitrogen and oxygen atoms in total. The average Bonchev–Trinajstić information content (AvgIpc) is 2.47. The van der Waals surface area contributed by atoms with Gasteiger partial charge in [-0.15, -0.1) is 0 Å². The number of carbonyl (C=O) groups excluding carboxylic acids is 1. The van der Waals surface area contributed by atoms with Crippen molar-refractivity contribution in [2.45, 2.75) is 19.3 Å². The van der Waals surface area contributed by atoms with E-state index in [0.29, 0.717) is 12.0 Å². The Morgan fingerprint density at radius 3 is 2.57 bits per heavy atom. The molecule has 0 aromatic rings. The van der Waals surface area contributed by atoms with Crippen molar-refractivity contribution in [3.8, 4) is 0 Å². The van der Waals surface area contributed by atoms with Gasteiger partial charge in [-0.1, -0.05) is 12.2 Å². The van der Waals surface area contributed by atoms with Gasteiger partial charge in [0.25, 0.3) is 0 Å². The molecular weight excluding hydrogens is 200 g/mol. The number of hydrogen-bond donors (Lipinski definition) is 0. The molecule has 0 radical (unpaired) electrons. The largest absolute Gasteiger partial charge is 0.294 e. The maximum Gasteiger partial charge on any atom is 0.162 e. The fraction of sp³-hybridized carbons (Fsp3) is 0.500. The Balaban J connectivity index is 2.25. The van der Waals surface area contributed by atoms with E-state index in [1.165, 1.54) is 0 Å². The van der Waals surface area contributed by atoms with Gasteiger partial charge in [0.2, 0.25) is 0 Å². The Labute approximate surface area is 83.4 Å².